The van der Waals surface area contributed by atoms with Gasteiger partial charge in [0.2, 0.25) is 0 Å². The molecule has 0 atom stereocenters. The van der Waals surface area contributed by atoms with Gasteiger partial charge in [-0.2, -0.15) is 0 Å². The number of anilines is 3. The van der Waals surface area contributed by atoms with Crippen molar-refractivity contribution in [1.29, 1.82) is 0 Å². The molecule has 9 aromatic rings. The molecule has 0 aliphatic rings. The maximum atomic E-state index is 6.96. The van der Waals surface area contributed by atoms with Crippen molar-refractivity contribution < 1.29 is 4.42 Å². The van der Waals surface area contributed by atoms with Crippen LogP contribution in [0.25, 0.3) is 65.4 Å². The molecule has 0 spiro atoms. The van der Waals surface area contributed by atoms with Crippen LogP contribution >= 0.6 is 0 Å². The monoisotopic (exact) mass is 561 g/mol. The largest absolute Gasteiger partial charge is 0.455 e. The molecular formula is C42H27NO. The van der Waals surface area contributed by atoms with Gasteiger partial charge in [0.1, 0.15) is 11.2 Å². The Morgan fingerprint density at radius 2 is 1.00 bits per heavy atom. The van der Waals surface area contributed by atoms with Crippen molar-refractivity contribution in [3.05, 3.63) is 164 Å². The second kappa shape index (κ2) is 9.86. The Bertz CT molecular complexity index is 2490. The van der Waals surface area contributed by atoms with Crippen molar-refractivity contribution in [3.8, 4) is 11.1 Å². The maximum Gasteiger partial charge on any atom is 0.143 e. The Kier molecular flexibility index (Phi) is 5.54. The summed E-state index contributed by atoms with van der Waals surface area (Å²) in [6, 6.07) is 58.3. The van der Waals surface area contributed by atoms with Crippen LogP contribution in [-0.2, 0) is 0 Å². The lowest BCUT2D eigenvalue weighted by molar-refractivity contribution is 0.673. The molecule has 8 aromatic carbocycles. The Balaban J connectivity index is 1.44. The van der Waals surface area contributed by atoms with Crippen LogP contribution in [0.15, 0.2) is 168 Å². The minimum Gasteiger partial charge on any atom is -0.455 e. The molecule has 1 heterocycles. The quantitative estimate of drug-likeness (QED) is 0.199. The van der Waals surface area contributed by atoms with Gasteiger partial charge >= 0.3 is 0 Å². The number of fused-ring (bicyclic) bond motifs is 9. The molecule has 0 fully saturated rings. The second-order valence-electron chi connectivity index (χ2n) is 11.3. The van der Waals surface area contributed by atoms with Gasteiger partial charge in [0.05, 0.1) is 11.4 Å². The summed E-state index contributed by atoms with van der Waals surface area (Å²) in [7, 11) is 0. The molecule has 206 valence electrons. The Morgan fingerprint density at radius 1 is 0.409 bits per heavy atom. The van der Waals surface area contributed by atoms with Gasteiger partial charge in [-0.3, -0.25) is 0 Å². The third kappa shape index (κ3) is 3.75. The number of nitrogens with zero attached hydrogens (tertiary/aromatic N) is 1. The number of furan rings is 1. The topological polar surface area (TPSA) is 16.4 Å². The average Bonchev–Trinajstić information content (AvgIpc) is 3.49. The van der Waals surface area contributed by atoms with Crippen LogP contribution in [0, 0.1) is 0 Å². The molecule has 0 bridgehead atoms. The summed E-state index contributed by atoms with van der Waals surface area (Å²) in [5.41, 5.74) is 7.38. The van der Waals surface area contributed by atoms with Crippen molar-refractivity contribution in [2.45, 2.75) is 0 Å². The van der Waals surface area contributed by atoms with Gasteiger partial charge in [-0.05, 0) is 56.9 Å². The first-order valence-corrected chi connectivity index (χ1v) is 15.0. The first-order chi connectivity index (χ1) is 21.8. The lowest BCUT2D eigenvalue weighted by Crippen LogP contribution is -2.10. The summed E-state index contributed by atoms with van der Waals surface area (Å²) in [5.74, 6) is 0. The second-order valence-corrected chi connectivity index (χ2v) is 11.3. The number of rotatable bonds is 4. The van der Waals surface area contributed by atoms with E-state index < -0.39 is 0 Å². The summed E-state index contributed by atoms with van der Waals surface area (Å²) in [6.45, 7) is 0. The van der Waals surface area contributed by atoms with Crippen LogP contribution in [0.1, 0.15) is 0 Å². The molecule has 44 heavy (non-hydrogen) atoms. The highest BCUT2D eigenvalue weighted by atomic mass is 16.3. The van der Waals surface area contributed by atoms with E-state index in [2.05, 4.69) is 169 Å². The van der Waals surface area contributed by atoms with Crippen molar-refractivity contribution in [3.63, 3.8) is 0 Å². The molecule has 0 amide bonds. The highest BCUT2D eigenvalue weighted by molar-refractivity contribution is 6.32. The van der Waals surface area contributed by atoms with Crippen molar-refractivity contribution in [1.82, 2.24) is 0 Å². The Morgan fingerprint density at radius 3 is 1.77 bits per heavy atom. The van der Waals surface area contributed by atoms with Crippen LogP contribution < -0.4 is 4.90 Å². The molecule has 9 rings (SSSR count). The molecule has 1 aromatic heterocycles. The van der Waals surface area contributed by atoms with Crippen LogP contribution in [0.5, 0.6) is 0 Å². The molecule has 0 radical (unpaired) electrons. The van der Waals surface area contributed by atoms with Gasteiger partial charge in [-0.1, -0.05) is 133 Å². The van der Waals surface area contributed by atoms with Gasteiger partial charge in [-0.15, -0.1) is 0 Å². The average molecular weight is 562 g/mol. The lowest BCUT2D eigenvalue weighted by atomic mass is 9.93. The standard InChI is InChI=1S/C42H27NO/c1-3-14-29(15-4-1)37-26-31(43(30-18-5-2-6-19-30)38-25-13-17-28-16-7-8-20-32(28)38)27-39-40(37)41-35-23-11-9-21-33(35)34-22-10-12-24-36(34)42(41)44-39/h1-27H. The molecule has 0 saturated carbocycles. The van der Waals surface area contributed by atoms with Crippen LogP contribution in [0.2, 0.25) is 0 Å². The normalized spacial score (nSPS) is 11.6. The molecule has 0 aliphatic heterocycles. The van der Waals surface area contributed by atoms with E-state index in [-0.39, 0.29) is 0 Å². The van der Waals surface area contributed by atoms with E-state index in [0.717, 1.165) is 55.5 Å². The molecule has 0 saturated heterocycles. The zero-order valence-electron chi connectivity index (χ0n) is 23.9. The fraction of sp³-hybridized carbons (Fsp3) is 0. The number of hydrogen-bond donors (Lipinski definition) is 0. The first-order valence-electron chi connectivity index (χ1n) is 15.0. The molecule has 0 aliphatic carbocycles. The minimum absolute atomic E-state index is 0.874. The highest BCUT2D eigenvalue weighted by Crippen LogP contribution is 2.48. The van der Waals surface area contributed by atoms with Gasteiger partial charge in [0.25, 0.3) is 0 Å². The van der Waals surface area contributed by atoms with Crippen molar-refractivity contribution in [2.75, 3.05) is 4.90 Å². The summed E-state index contributed by atoms with van der Waals surface area (Å²) >= 11 is 0. The summed E-state index contributed by atoms with van der Waals surface area (Å²) in [4.78, 5) is 2.36. The maximum absolute atomic E-state index is 6.96. The van der Waals surface area contributed by atoms with Gasteiger partial charge < -0.3 is 9.32 Å². The van der Waals surface area contributed by atoms with Crippen molar-refractivity contribution in [2.24, 2.45) is 0 Å². The minimum atomic E-state index is 0.874. The first kappa shape index (κ1) is 24.7. The molecular weight excluding hydrogens is 534 g/mol. The van der Waals surface area contributed by atoms with Gasteiger partial charge in [0, 0.05) is 33.3 Å². The zero-order valence-corrected chi connectivity index (χ0v) is 23.9. The fourth-order valence-corrected chi connectivity index (χ4v) is 6.89. The van der Waals surface area contributed by atoms with Gasteiger partial charge in [-0.25, -0.2) is 0 Å². The third-order valence-corrected chi connectivity index (χ3v) is 8.80. The fourth-order valence-electron chi connectivity index (χ4n) is 6.89. The third-order valence-electron chi connectivity index (χ3n) is 8.80. The Hall–Kier alpha value is -5.86. The van der Waals surface area contributed by atoms with E-state index in [1.54, 1.807) is 0 Å². The Labute approximate surface area is 255 Å². The SMILES string of the molecule is c1ccc(-c2cc(N(c3ccccc3)c3cccc4ccccc34)cc3oc4c5ccccc5c5ccccc5c4c23)cc1. The number of para-hydroxylation sites is 1. The van der Waals surface area contributed by atoms with E-state index in [1.807, 2.05) is 0 Å². The summed E-state index contributed by atoms with van der Waals surface area (Å²) in [5, 5.41) is 9.49. The number of benzene rings is 8. The molecule has 2 nitrogen and oxygen atoms in total. The molecule has 0 N–H and O–H groups in total. The molecule has 0 unspecified atom stereocenters. The lowest BCUT2D eigenvalue weighted by Gasteiger charge is -2.27. The van der Waals surface area contributed by atoms with Crippen LogP contribution in [-0.4, -0.2) is 0 Å². The van der Waals surface area contributed by atoms with E-state index in [0.29, 0.717) is 0 Å². The summed E-state index contributed by atoms with van der Waals surface area (Å²) < 4.78 is 6.96. The van der Waals surface area contributed by atoms with E-state index >= 15 is 0 Å². The van der Waals surface area contributed by atoms with E-state index in [4.69, 9.17) is 4.42 Å². The van der Waals surface area contributed by atoms with Crippen LogP contribution in [0.4, 0.5) is 17.1 Å². The smallest absolute Gasteiger partial charge is 0.143 e. The van der Waals surface area contributed by atoms with Crippen molar-refractivity contribution >= 4 is 71.3 Å². The summed E-state index contributed by atoms with van der Waals surface area (Å²) in [6.07, 6.45) is 0. The van der Waals surface area contributed by atoms with Gasteiger partial charge in [0.15, 0.2) is 0 Å². The number of hydrogen-bond acceptors (Lipinski definition) is 2. The van der Waals surface area contributed by atoms with E-state index in [1.165, 1.54) is 26.9 Å². The van der Waals surface area contributed by atoms with E-state index in [9.17, 15) is 0 Å². The van der Waals surface area contributed by atoms with Crippen LogP contribution in [0.3, 0.4) is 0 Å². The highest BCUT2D eigenvalue weighted by Gasteiger charge is 2.23. The predicted molar refractivity (Wildman–Crippen MR) is 186 cm³/mol. The molecule has 2 heteroatoms. The zero-order chi connectivity index (χ0) is 29.0. The predicted octanol–water partition coefficient (Wildman–Crippen LogP) is 12.2.